The Balaban J connectivity index is 1.78. The van der Waals surface area contributed by atoms with Crippen LogP contribution in [0.5, 0.6) is 0 Å². The summed E-state index contributed by atoms with van der Waals surface area (Å²) in [5.74, 6) is 0. The molecular formula is C21H18N4O2. The highest BCUT2D eigenvalue weighted by Gasteiger charge is 2.07. The van der Waals surface area contributed by atoms with Crippen LogP contribution in [0.3, 0.4) is 0 Å². The standard InChI is InChI=1S/C21H18N4O2/c1-14-9-10-16(12-15(14)2)24-11-5-6-17(24)13-22-25-20(26)18-7-3-4-8-19(18)23-21(25)27/h3-13H,1-2H3,(H,23,27). The van der Waals surface area contributed by atoms with Crippen molar-refractivity contribution in [3.05, 3.63) is 98.5 Å². The van der Waals surface area contributed by atoms with E-state index in [4.69, 9.17) is 0 Å². The molecule has 0 radical (unpaired) electrons. The molecule has 4 rings (SSSR count). The van der Waals surface area contributed by atoms with Gasteiger partial charge in [-0.25, -0.2) is 4.79 Å². The molecule has 0 aliphatic heterocycles. The summed E-state index contributed by atoms with van der Waals surface area (Å²) < 4.78 is 2.80. The summed E-state index contributed by atoms with van der Waals surface area (Å²) >= 11 is 0. The predicted molar refractivity (Wildman–Crippen MR) is 107 cm³/mol. The van der Waals surface area contributed by atoms with Gasteiger partial charge in [0.05, 0.1) is 22.8 Å². The molecule has 0 amide bonds. The Bertz CT molecular complexity index is 1290. The van der Waals surface area contributed by atoms with E-state index in [1.165, 1.54) is 17.3 Å². The maximum atomic E-state index is 12.6. The summed E-state index contributed by atoms with van der Waals surface area (Å²) in [7, 11) is 0. The lowest BCUT2D eigenvalue weighted by Crippen LogP contribution is -2.32. The van der Waals surface area contributed by atoms with E-state index in [2.05, 4.69) is 36.1 Å². The van der Waals surface area contributed by atoms with E-state index in [9.17, 15) is 9.59 Å². The number of aryl methyl sites for hydroxylation is 2. The Morgan fingerprint density at radius 1 is 0.963 bits per heavy atom. The van der Waals surface area contributed by atoms with Crippen LogP contribution in [-0.4, -0.2) is 20.4 Å². The average Bonchev–Trinajstić information content (AvgIpc) is 3.12. The van der Waals surface area contributed by atoms with Crippen LogP contribution >= 0.6 is 0 Å². The van der Waals surface area contributed by atoms with Crippen LogP contribution in [0.1, 0.15) is 16.8 Å². The predicted octanol–water partition coefficient (Wildman–Crippen LogP) is 2.98. The molecule has 0 aliphatic carbocycles. The van der Waals surface area contributed by atoms with Crippen molar-refractivity contribution < 1.29 is 0 Å². The number of H-pyrrole nitrogens is 1. The van der Waals surface area contributed by atoms with Gasteiger partial charge in [-0.15, -0.1) is 4.68 Å². The Labute approximate surface area is 155 Å². The van der Waals surface area contributed by atoms with Gasteiger partial charge in [0.2, 0.25) is 0 Å². The zero-order chi connectivity index (χ0) is 19.0. The molecule has 1 N–H and O–H groups in total. The van der Waals surface area contributed by atoms with Crippen molar-refractivity contribution in [1.82, 2.24) is 14.2 Å². The van der Waals surface area contributed by atoms with E-state index in [-0.39, 0.29) is 0 Å². The minimum absolute atomic E-state index is 0.416. The second kappa shape index (κ2) is 6.57. The van der Waals surface area contributed by atoms with Crippen LogP contribution in [0, 0.1) is 13.8 Å². The Kier molecular flexibility index (Phi) is 4.08. The first-order chi connectivity index (χ1) is 13.0. The summed E-state index contributed by atoms with van der Waals surface area (Å²) in [6.45, 7) is 4.12. The number of para-hydroxylation sites is 1. The molecule has 134 valence electrons. The number of hydrogen-bond donors (Lipinski definition) is 1. The molecule has 0 saturated heterocycles. The second-order valence-electron chi connectivity index (χ2n) is 6.41. The molecule has 2 aromatic carbocycles. The van der Waals surface area contributed by atoms with Crippen molar-refractivity contribution >= 4 is 17.1 Å². The molecular weight excluding hydrogens is 340 g/mol. The van der Waals surface area contributed by atoms with E-state index in [1.807, 2.05) is 29.0 Å². The molecule has 0 atom stereocenters. The smallest absolute Gasteiger partial charge is 0.316 e. The van der Waals surface area contributed by atoms with Crippen molar-refractivity contribution in [2.75, 3.05) is 0 Å². The van der Waals surface area contributed by atoms with Crippen LogP contribution in [0.4, 0.5) is 0 Å². The quantitative estimate of drug-likeness (QED) is 0.572. The molecule has 6 nitrogen and oxygen atoms in total. The lowest BCUT2D eigenvalue weighted by atomic mass is 10.1. The largest absolute Gasteiger partial charge is 0.349 e. The summed E-state index contributed by atoms with van der Waals surface area (Å²) in [5.41, 5.74) is 3.63. The van der Waals surface area contributed by atoms with Gasteiger partial charge in [0.1, 0.15) is 0 Å². The minimum atomic E-state index is -0.570. The van der Waals surface area contributed by atoms with Gasteiger partial charge in [-0.2, -0.15) is 5.10 Å². The number of rotatable bonds is 3. The molecule has 0 fully saturated rings. The van der Waals surface area contributed by atoms with Crippen molar-refractivity contribution in [2.45, 2.75) is 13.8 Å². The fourth-order valence-electron chi connectivity index (χ4n) is 2.98. The molecule has 0 saturated carbocycles. The molecule has 0 aliphatic rings. The average molecular weight is 358 g/mol. The van der Waals surface area contributed by atoms with Gasteiger partial charge in [0, 0.05) is 11.9 Å². The second-order valence-corrected chi connectivity index (χ2v) is 6.41. The van der Waals surface area contributed by atoms with Crippen molar-refractivity contribution in [2.24, 2.45) is 5.10 Å². The van der Waals surface area contributed by atoms with Gasteiger partial charge in [-0.1, -0.05) is 18.2 Å². The Morgan fingerprint density at radius 3 is 2.59 bits per heavy atom. The van der Waals surface area contributed by atoms with Crippen molar-refractivity contribution in [1.29, 1.82) is 0 Å². The molecule has 4 aromatic rings. The van der Waals surface area contributed by atoms with Crippen LogP contribution in [0.2, 0.25) is 0 Å². The molecule has 27 heavy (non-hydrogen) atoms. The Morgan fingerprint density at radius 2 is 1.78 bits per heavy atom. The molecule has 2 aromatic heterocycles. The number of nitrogens with zero attached hydrogens (tertiary/aromatic N) is 3. The zero-order valence-electron chi connectivity index (χ0n) is 15.0. The topological polar surface area (TPSA) is 72.2 Å². The number of hydrogen-bond acceptors (Lipinski definition) is 3. The van der Waals surface area contributed by atoms with Gasteiger partial charge in [-0.05, 0) is 61.4 Å². The summed E-state index contributed by atoms with van der Waals surface area (Å²) in [5, 5.41) is 4.55. The van der Waals surface area contributed by atoms with E-state index in [1.54, 1.807) is 24.3 Å². The highest BCUT2D eigenvalue weighted by atomic mass is 16.2. The van der Waals surface area contributed by atoms with Gasteiger partial charge in [-0.3, -0.25) is 4.79 Å². The monoisotopic (exact) mass is 358 g/mol. The highest BCUT2D eigenvalue weighted by molar-refractivity contribution is 5.79. The normalized spacial score (nSPS) is 11.5. The molecule has 0 bridgehead atoms. The number of aromatic amines is 1. The molecule has 2 heterocycles. The zero-order valence-corrected chi connectivity index (χ0v) is 15.0. The van der Waals surface area contributed by atoms with Crippen LogP contribution < -0.4 is 11.2 Å². The van der Waals surface area contributed by atoms with Crippen LogP contribution in [0.15, 0.2) is 75.5 Å². The highest BCUT2D eigenvalue weighted by Crippen LogP contribution is 2.16. The molecule has 0 unspecified atom stereocenters. The van der Waals surface area contributed by atoms with Gasteiger partial charge in [0.15, 0.2) is 0 Å². The minimum Gasteiger partial charge on any atom is -0.316 e. The number of nitrogens with one attached hydrogen (secondary N) is 1. The maximum absolute atomic E-state index is 12.6. The summed E-state index contributed by atoms with van der Waals surface area (Å²) in [4.78, 5) is 27.5. The first-order valence-corrected chi connectivity index (χ1v) is 8.58. The molecule has 6 heteroatoms. The van der Waals surface area contributed by atoms with Crippen LogP contribution in [-0.2, 0) is 0 Å². The number of aromatic nitrogens is 3. The van der Waals surface area contributed by atoms with E-state index >= 15 is 0 Å². The third kappa shape index (κ3) is 3.01. The van der Waals surface area contributed by atoms with E-state index in [0.29, 0.717) is 10.9 Å². The van der Waals surface area contributed by atoms with Gasteiger partial charge < -0.3 is 9.55 Å². The molecule has 0 spiro atoms. The first-order valence-electron chi connectivity index (χ1n) is 8.58. The first kappa shape index (κ1) is 16.8. The van der Waals surface area contributed by atoms with E-state index in [0.717, 1.165) is 16.1 Å². The third-order valence-corrected chi connectivity index (χ3v) is 4.64. The van der Waals surface area contributed by atoms with Gasteiger partial charge >= 0.3 is 5.69 Å². The fraction of sp³-hybridized carbons (Fsp3) is 0.0952. The van der Waals surface area contributed by atoms with E-state index < -0.39 is 11.2 Å². The number of benzene rings is 2. The SMILES string of the molecule is Cc1ccc(-n2cccc2C=Nn2c(=O)[nH]c3ccccc3c2=O)cc1C. The third-order valence-electron chi connectivity index (χ3n) is 4.64. The lowest BCUT2D eigenvalue weighted by molar-refractivity contribution is 0.770. The fourth-order valence-corrected chi connectivity index (χ4v) is 2.98. The van der Waals surface area contributed by atoms with Crippen LogP contribution in [0.25, 0.3) is 16.6 Å². The lowest BCUT2D eigenvalue weighted by Gasteiger charge is -2.09. The van der Waals surface area contributed by atoms with Crippen molar-refractivity contribution in [3.63, 3.8) is 0 Å². The summed E-state index contributed by atoms with van der Waals surface area (Å²) in [6, 6.07) is 16.8. The summed E-state index contributed by atoms with van der Waals surface area (Å²) in [6.07, 6.45) is 3.43. The maximum Gasteiger partial charge on any atom is 0.349 e. The Hall–Kier alpha value is -3.67. The van der Waals surface area contributed by atoms with Gasteiger partial charge in [0.25, 0.3) is 5.56 Å². The van der Waals surface area contributed by atoms with Crippen molar-refractivity contribution in [3.8, 4) is 5.69 Å². The number of fused-ring (bicyclic) bond motifs is 1.